The fourth-order valence-electron chi connectivity index (χ4n) is 3.14. The Morgan fingerprint density at radius 2 is 2.19 bits per heavy atom. The van der Waals surface area contributed by atoms with Gasteiger partial charge in [0, 0.05) is 30.2 Å². The van der Waals surface area contributed by atoms with Crippen molar-refractivity contribution in [1.82, 2.24) is 10.2 Å². The normalized spacial score (nSPS) is 31.2. The van der Waals surface area contributed by atoms with Crippen LogP contribution in [0.1, 0.15) is 39.0 Å². The first-order valence-corrected chi connectivity index (χ1v) is 6.94. The van der Waals surface area contributed by atoms with Crippen molar-refractivity contribution in [2.24, 2.45) is 0 Å². The summed E-state index contributed by atoms with van der Waals surface area (Å²) in [6, 6.07) is 0.667. The zero-order valence-electron chi connectivity index (χ0n) is 10.2. The molecule has 2 rings (SSSR count). The molecule has 0 aromatic rings. The zero-order chi connectivity index (χ0) is 11.4. The average Bonchev–Trinajstić information content (AvgIpc) is 2.66. The van der Waals surface area contributed by atoms with Gasteiger partial charge in [0.1, 0.15) is 0 Å². The van der Waals surface area contributed by atoms with Gasteiger partial charge in [-0.05, 0) is 32.7 Å². The van der Waals surface area contributed by atoms with Gasteiger partial charge in [0.2, 0.25) is 0 Å². The van der Waals surface area contributed by atoms with Crippen molar-refractivity contribution in [3.63, 3.8) is 0 Å². The Hall–Kier alpha value is -0.0500. The fraction of sp³-hybridized carbons (Fsp3) is 0.846. The maximum Gasteiger partial charge on any atom is 0.0309 e. The highest BCUT2D eigenvalue weighted by molar-refractivity contribution is 6.25. The summed E-state index contributed by atoms with van der Waals surface area (Å²) in [4.78, 5) is 2.57. The van der Waals surface area contributed by atoms with Crippen molar-refractivity contribution in [3.05, 3.63) is 11.6 Å². The third-order valence-corrected chi connectivity index (χ3v) is 4.36. The molecule has 1 saturated heterocycles. The van der Waals surface area contributed by atoms with E-state index in [1.807, 2.05) is 0 Å². The first kappa shape index (κ1) is 12.4. The Kier molecular flexibility index (Phi) is 4.28. The monoisotopic (exact) mass is 242 g/mol. The Labute approximate surface area is 104 Å². The molecule has 3 heteroatoms. The molecule has 1 saturated carbocycles. The van der Waals surface area contributed by atoms with Crippen molar-refractivity contribution in [2.75, 3.05) is 19.6 Å². The highest BCUT2D eigenvalue weighted by Crippen LogP contribution is 2.32. The average molecular weight is 243 g/mol. The highest BCUT2D eigenvalue weighted by Gasteiger charge is 2.37. The van der Waals surface area contributed by atoms with Gasteiger partial charge in [-0.25, -0.2) is 0 Å². The van der Waals surface area contributed by atoms with Crippen LogP contribution in [0.3, 0.4) is 0 Å². The van der Waals surface area contributed by atoms with Crippen LogP contribution in [-0.4, -0.2) is 36.1 Å². The zero-order valence-corrected chi connectivity index (χ0v) is 11.0. The molecule has 0 amide bonds. The fourth-order valence-corrected chi connectivity index (χ4v) is 3.22. The second-order valence-corrected chi connectivity index (χ2v) is 5.60. The molecule has 1 unspecified atom stereocenters. The first-order chi connectivity index (χ1) is 7.76. The Bertz CT molecular complexity index is 246. The molecule has 1 spiro atoms. The van der Waals surface area contributed by atoms with Gasteiger partial charge in [-0.3, -0.25) is 4.90 Å². The van der Waals surface area contributed by atoms with E-state index in [4.69, 9.17) is 11.6 Å². The van der Waals surface area contributed by atoms with Crippen LogP contribution < -0.4 is 5.32 Å². The lowest BCUT2D eigenvalue weighted by atomic mass is 9.97. The number of halogens is 1. The van der Waals surface area contributed by atoms with Crippen molar-refractivity contribution < 1.29 is 0 Å². The summed E-state index contributed by atoms with van der Waals surface area (Å²) in [5.74, 6) is 0. The summed E-state index contributed by atoms with van der Waals surface area (Å²) in [5, 5.41) is 3.80. The van der Waals surface area contributed by atoms with Gasteiger partial charge in [-0.15, -0.1) is 0 Å². The molecule has 0 bridgehead atoms. The Balaban J connectivity index is 2.03. The van der Waals surface area contributed by atoms with Crippen LogP contribution in [-0.2, 0) is 0 Å². The predicted molar refractivity (Wildman–Crippen MR) is 69.8 cm³/mol. The third kappa shape index (κ3) is 2.79. The molecule has 2 nitrogen and oxygen atoms in total. The van der Waals surface area contributed by atoms with Crippen LogP contribution in [0.15, 0.2) is 11.6 Å². The Morgan fingerprint density at radius 1 is 1.44 bits per heavy atom. The minimum atomic E-state index is 0.408. The van der Waals surface area contributed by atoms with Crippen LogP contribution >= 0.6 is 11.6 Å². The highest BCUT2D eigenvalue weighted by atomic mass is 35.5. The maximum absolute atomic E-state index is 5.64. The molecule has 16 heavy (non-hydrogen) atoms. The van der Waals surface area contributed by atoms with Crippen LogP contribution in [0.5, 0.6) is 0 Å². The first-order valence-electron chi connectivity index (χ1n) is 6.50. The summed E-state index contributed by atoms with van der Waals surface area (Å²) < 4.78 is 0. The molecule has 2 fully saturated rings. The van der Waals surface area contributed by atoms with Gasteiger partial charge < -0.3 is 5.32 Å². The quantitative estimate of drug-likeness (QED) is 0.801. The number of hydrogen-bond donors (Lipinski definition) is 1. The van der Waals surface area contributed by atoms with Gasteiger partial charge >= 0.3 is 0 Å². The van der Waals surface area contributed by atoms with E-state index in [1.54, 1.807) is 5.54 Å². The third-order valence-electron chi connectivity index (χ3n) is 4.18. The molecular weight excluding hydrogens is 220 g/mol. The van der Waals surface area contributed by atoms with Gasteiger partial charge in [-0.1, -0.05) is 30.5 Å². The molecule has 1 aliphatic heterocycles. The second-order valence-electron chi connectivity index (χ2n) is 5.34. The number of rotatable bonds is 2. The standard InChI is InChI=1S/C13H23ClN2/c1-12-5-9-15-13(6-2-3-7-13)11-16(12)10-4-8-14/h4,8,12,15H,2-3,5-7,9-11H2,1H3/b8-4+. The number of nitrogens with one attached hydrogen (secondary N) is 1. The molecule has 92 valence electrons. The van der Waals surface area contributed by atoms with Crippen LogP contribution in [0.25, 0.3) is 0 Å². The summed E-state index contributed by atoms with van der Waals surface area (Å²) >= 11 is 5.64. The van der Waals surface area contributed by atoms with E-state index in [-0.39, 0.29) is 0 Å². The number of hydrogen-bond acceptors (Lipinski definition) is 2. The van der Waals surface area contributed by atoms with E-state index in [2.05, 4.69) is 23.2 Å². The second kappa shape index (κ2) is 5.52. The summed E-state index contributed by atoms with van der Waals surface area (Å²) in [7, 11) is 0. The summed E-state index contributed by atoms with van der Waals surface area (Å²) in [5.41, 5.74) is 2.05. The molecule has 2 aliphatic rings. The van der Waals surface area contributed by atoms with Gasteiger partial charge in [0.25, 0.3) is 0 Å². The molecule has 1 N–H and O–H groups in total. The van der Waals surface area contributed by atoms with Crippen molar-refractivity contribution >= 4 is 11.6 Å². The minimum absolute atomic E-state index is 0.408. The van der Waals surface area contributed by atoms with Crippen LogP contribution in [0.2, 0.25) is 0 Å². The number of nitrogens with zero attached hydrogens (tertiary/aromatic N) is 1. The minimum Gasteiger partial charge on any atom is -0.310 e. The summed E-state index contributed by atoms with van der Waals surface area (Å²) in [6.45, 7) is 5.68. The van der Waals surface area contributed by atoms with E-state index in [0.29, 0.717) is 11.6 Å². The SMILES string of the molecule is CC1CCNC2(CCCC2)CN1C/C=C/Cl. The summed E-state index contributed by atoms with van der Waals surface area (Å²) in [6.07, 6.45) is 8.78. The molecule has 1 heterocycles. The van der Waals surface area contributed by atoms with E-state index >= 15 is 0 Å². The molecule has 0 radical (unpaired) electrons. The molecular formula is C13H23ClN2. The lowest BCUT2D eigenvalue weighted by molar-refractivity contribution is 0.185. The van der Waals surface area contributed by atoms with Gasteiger partial charge in [0.15, 0.2) is 0 Å². The van der Waals surface area contributed by atoms with E-state index in [9.17, 15) is 0 Å². The lowest BCUT2D eigenvalue weighted by Crippen LogP contribution is -2.50. The van der Waals surface area contributed by atoms with Crippen LogP contribution in [0.4, 0.5) is 0 Å². The molecule has 1 atom stereocenters. The molecule has 1 aliphatic carbocycles. The van der Waals surface area contributed by atoms with Gasteiger partial charge in [-0.2, -0.15) is 0 Å². The van der Waals surface area contributed by atoms with E-state index in [0.717, 1.165) is 6.54 Å². The smallest absolute Gasteiger partial charge is 0.0309 e. The molecule has 0 aromatic heterocycles. The largest absolute Gasteiger partial charge is 0.310 e. The van der Waals surface area contributed by atoms with E-state index in [1.165, 1.54) is 45.2 Å². The van der Waals surface area contributed by atoms with Crippen molar-refractivity contribution in [3.8, 4) is 0 Å². The van der Waals surface area contributed by atoms with Crippen molar-refractivity contribution in [2.45, 2.75) is 50.6 Å². The lowest BCUT2D eigenvalue weighted by Gasteiger charge is -2.34. The van der Waals surface area contributed by atoms with Gasteiger partial charge in [0.05, 0.1) is 0 Å². The maximum atomic E-state index is 5.64. The Morgan fingerprint density at radius 3 is 2.88 bits per heavy atom. The predicted octanol–water partition coefficient (Wildman–Crippen LogP) is 2.74. The van der Waals surface area contributed by atoms with E-state index < -0.39 is 0 Å². The van der Waals surface area contributed by atoms with Crippen molar-refractivity contribution in [1.29, 1.82) is 0 Å². The topological polar surface area (TPSA) is 15.3 Å². The molecule has 0 aromatic carbocycles. The van der Waals surface area contributed by atoms with Crippen LogP contribution in [0, 0.1) is 0 Å².